The topological polar surface area (TPSA) is 83.8 Å². The Morgan fingerprint density at radius 1 is 1.00 bits per heavy atom. The van der Waals surface area contributed by atoms with E-state index in [1.165, 1.54) is 12.3 Å². The molecule has 176 valence electrons. The summed E-state index contributed by atoms with van der Waals surface area (Å²) in [5.74, 6) is -0.273. The van der Waals surface area contributed by atoms with Crippen LogP contribution < -0.4 is 10.6 Å². The van der Waals surface area contributed by atoms with Gasteiger partial charge in [0.1, 0.15) is 11.5 Å². The second-order valence-corrected chi connectivity index (χ2v) is 8.24. The fraction of sp³-hybridized carbons (Fsp3) is 0.259. The van der Waals surface area contributed by atoms with E-state index in [4.69, 9.17) is 9.15 Å². The van der Waals surface area contributed by atoms with E-state index in [2.05, 4.69) is 21.6 Å². The van der Waals surface area contributed by atoms with Gasteiger partial charge in [-0.2, -0.15) is 0 Å². The normalized spacial score (nSPS) is 14.6. The van der Waals surface area contributed by atoms with Crippen LogP contribution in [0.4, 0.5) is 0 Å². The van der Waals surface area contributed by atoms with Crippen molar-refractivity contribution in [3.8, 4) is 0 Å². The Morgan fingerprint density at radius 3 is 2.53 bits per heavy atom. The number of furan rings is 1. The van der Waals surface area contributed by atoms with E-state index in [1.807, 2.05) is 37.3 Å². The molecule has 0 unspecified atom stereocenters. The number of carbonyl (C=O) groups excluding carboxylic acids is 2. The quantitative estimate of drug-likeness (QED) is 0.504. The van der Waals surface area contributed by atoms with E-state index in [0.717, 1.165) is 49.5 Å². The van der Waals surface area contributed by atoms with E-state index in [0.29, 0.717) is 17.9 Å². The van der Waals surface area contributed by atoms with Gasteiger partial charge in [-0.25, -0.2) is 0 Å². The van der Waals surface area contributed by atoms with E-state index >= 15 is 0 Å². The molecule has 2 amide bonds. The first-order chi connectivity index (χ1) is 16.6. The maximum atomic E-state index is 13.1. The molecule has 7 heteroatoms. The lowest BCUT2D eigenvalue weighted by Crippen LogP contribution is -2.36. The highest BCUT2D eigenvalue weighted by Gasteiger charge is 2.17. The molecule has 4 rings (SSSR count). The van der Waals surface area contributed by atoms with Gasteiger partial charge in [0.25, 0.3) is 11.8 Å². The second kappa shape index (κ2) is 11.4. The molecule has 1 saturated heterocycles. The molecule has 2 aromatic carbocycles. The maximum Gasteiger partial charge on any atom is 0.268 e. The zero-order chi connectivity index (χ0) is 23.8. The van der Waals surface area contributed by atoms with Crippen molar-refractivity contribution < 1.29 is 18.7 Å². The minimum Gasteiger partial charge on any atom is -0.465 e. The summed E-state index contributed by atoms with van der Waals surface area (Å²) >= 11 is 0. The lowest BCUT2D eigenvalue weighted by molar-refractivity contribution is -0.117. The molecule has 1 fully saturated rings. The molecule has 7 nitrogen and oxygen atoms in total. The van der Waals surface area contributed by atoms with Crippen molar-refractivity contribution in [2.45, 2.75) is 20.0 Å². The summed E-state index contributed by atoms with van der Waals surface area (Å²) in [4.78, 5) is 28.3. The first-order valence-electron chi connectivity index (χ1n) is 11.4. The Bertz CT molecular complexity index is 1150. The average Bonchev–Trinajstić information content (AvgIpc) is 3.37. The number of hydrogen-bond donors (Lipinski definition) is 2. The fourth-order valence-corrected chi connectivity index (χ4v) is 3.81. The number of nitrogens with zero attached hydrogens (tertiary/aromatic N) is 1. The monoisotopic (exact) mass is 459 g/mol. The third-order valence-corrected chi connectivity index (χ3v) is 5.66. The molecule has 2 heterocycles. The van der Waals surface area contributed by atoms with Crippen LogP contribution in [0, 0.1) is 6.92 Å². The minimum atomic E-state index is -0.390. The van der Waals surface area contributed by atoms with Crippen molar-refractivity contribution in [3.05, 3.63) is 101 Å². The first kappa shape index (κ1) is 23.5. The van der Waals surface area contributed by atoms with Gasteiger partial charge in [0.2, 0.25) is 0 Å². The highest BCUT2D eigenvalue weighted by atomic mass is 16.5. The Balaban J connectivity index is 1.47. The molecule has 0 aliphatic carbocycles. The summed E-state index contributed by atoms with van der Waals surface area (Å²) in [5.41, 5.74) is 3.75. The van der Waals surface area contributed by atoms with Crippen molar-refractivity contribution in [3.63, 3.8) is 0 Å². The molecule has 2 N–H and O–H groups in total. The SMILES string of the molecule is Cc1cccc(C(=O)N/C(=C\c2ccco2)C(=O)NCc2ccccc2CN2CCOCC2)c1. The van der Waals surface area contributed by atoms with Crippen LogP contribution in [0.2, 0.25) is 0 Å². The van der Waals surface area contributed by atoms with Crippen LogP contribution in [-0.2, 0) is 22.6 Å². The van der Waals surface area contributed by atoms with Gasteiger partial charge >= 0.3 is 0 Å². The molecule has 1 aliphatic rings. The van der Waals surface area contributed by atoms with Crippen molar-refractivity contribution in [2.24, 2.45) is 0 Å². The predicted molar refractivity (Wildman–Crippen MR) is 130 cm³/mol. The number of hydrogen-bond acceptors (Lipinski definition) is 5. The van der Waals surface area contributed by atoms with Gasteiger partial charge in [-0.3, -0.25) is 14.5 Å². The Hall–Kier alpha value is -3.68. The summed E-state index contributed by atoms with van der Waals surface area (Å²) in [6.07, 6.45) is 3.05. The molecular weight excluding hydrogens is 430 g/mol. The summed E-state index contributed by atoms with van der Waals surface area (Å²) in [6.45, 7) is 6.31. The number of ether oxygens (including phenoxy) is 1. The molecule has 0 atom stereocenters. The number of benzene rings is 2. The van der Waals surface area contributed by atoms with Crippen LogP contribution in [0.3, 0.4) is 0 Å². The summed E-state index contributed by atoms with van der Waals surface area (Å²) in [6, 6.07) is 18.7. The molecule has 0 saturated carbocycles. The predicted octanol–water partition coefficient (Wildman–Crippen LogP) is 3.51. The molecule has 3 aromatic rings. The van der Waals surface area contributed by atoms with Crippen LogP contribution in [-0.4, -0.2) is 43.0 Å². The van der Waals surface area contributed by atoms with Gasteiger partial charge in [0.15, 0.2) is 0 Å². The number of carbonyl (C=O) groups is 2. The van der Waals surface area contributed by atoms with E-state index < -0.39 is 5.91 Å². The molecule has 1 aliphatic heterocycles. The second-order valence-electron chi connectivity index (χ2n) is 8.24. The zero-order valence-corrected chi connectivity index (χ0v) is 19.3. The van der Waals surface area contributed by atoms with Crippen molar-refractivity contribution in [2.75, 3.05) is 26.3 Å². The van der Waals surface area contributed by atoms with Crippen molar-refractivity contribution in [1.29, 1.82) is 0 Å². The smallest absolute Gasteiger partial charge is 0.268 e. The highest BCUT2D eigenvalue weighted by Crippen LogP contribution is 2.14. The van der Waals surface area contributed by atoms with E-state index in [-0.39, 0.29) is 11.6 Å². The summed E-state index contributed by atoms with van der Waals surface area (Å²) in [5, 5.41) is 5.69. The van der Waals surface area contributed by atoms with E-state index in [1.54, 1.807) is 24.3 Å². The van der Waals surface area contributed by atoms with Crippen molar-refractivity contribution in [1.82, 2.24) is 15.5 Å². The molecule has 0 spiro atoms. The first-order valence-corrected chi connectivity index (χ1v) is 11.4. The van der Waals surface area contributed by atoms with Gasteiger partial charge in [-0.05, 0) is 42.3 Å². The van der Waals surface area contributed by atoms with Gasteiger partial charge in [-0.15, -0.1) is 0 Å². The van der Waals surface area contributed by atoms with Gasteiger partial charge < -0.3 is 19.8 Å². The number of amides is 2. The lowest BCUT2D eigenvalue weighted by Gasteiger charge is -2.27. The lowest BCUT2D eigenvalue weighted by atomic mass is 10.1. The largest absolute Gasteiger partial charge is 0.465 e. The Kier molecular flexibility index (Phi) is 7.91. The van der Waals surface area contributed by atoms with Crippen LogP contribution >= 0.6 is 0 Å². The zero-order valence-electron chi connectivity index (χ0n) is 19.3. The molecule has 0 radical (unpaired) electrons. The number of aryl methyl sites for hydroxylation is 1. The molecular formula is C27H29N3O4. The molecule has 1 aromatic heterocycles. The van der Waals surface area contributed by atoms with Crippen molar-refractivity contribution >= 4 is 17.9 Å². The Morgan fingerprint density at radius 2 is 1.79 bits per heavy atom. The number of nitrogens with one attached hydrogen (secondary N) is 2. The van der Waals surface area contributed by atoms with Crippen LogP contribution in [0.5, 0.6) is 0 Å². The van der Waals surface area contributed by atoms with Crippen LogP contribution in [0.1, 0.15) is 32.8 Å². The fourth-order valence-electron chi connectivity index (χ4n) is 3.81. The van der Waals surface area contributed by atoms with Crippen LogP contribution in [0.25, 0.3) is 6.08 Å². The Labute approximate surface area is 199 Å². The van der Waals surface area contributed by atoms with E-state index in [9.17, 15) is 9.59 Å². The third kappa shape index (κ3) is 6.43. The maximum absolute atomic E-state index is 13.1. The highest BCUT2D eigenvalue weighted by molar-refractivity contribution is 6.05. The standard InChI is InChI=1S/C27H29N3O4/c1-20-6-4-9-21(16-20)26(31)29-25(17-24-10-5-13-34-24)27(32)28-18-22-7-2-3-8-23(22)19-30-11-14-33-15-12-30/h2-10,13,16-17H,11-12,14-15,18-19H2,1H3,(H,28,32)(H,29,31)/b25-17-. The summed E-state index contributed by atoms with van der Waals surface area (Å²) < 4.78 is 10.8. The molecule has 0 bridgehead atoms. The van der Waals surface area contributed by atoms with Gasteiger partial charge in [0, 0.05) is 37.8 Å². The van der Waals surface area contributed by atoms with Crippen LogP contribution in [0.15, 0.2) is 77.0 Å². The minimum absolute atomic E-state index is 0.118. The average molecular weight is 460 g/mol. The third-order valence-electron chi connectivity index (χ3n) is 5.66. The number of morpholine rings is 1. The summed E-state index contributed by atoms with van der Waals surface area (Å²) in [7, 11) is 0. The van der Waals surface area contributed by atoms with Gasteiger partial charge in [0.05, 0.1) is 19.5 Å². The molecule has 34 heavy (non-hydrogen) atoms. The van der Waals surface area contributed by atoms with Gasteiger partial charge in [-0.1, -0.05) is 42.0 Å². The number of rotatable bonds is 8.